The Morgan fingerprint density at radius 1 is 1.00 bits per heavy atom. The highest BCUT2D eigenvalue weighted by atomic mass is 16.4. The Balaban J connectivity index is 1.54. The molecule has 28 heavy (non-hydrogen) atoms. The summed E-state index contributed by atoms with van der Waals surface area (Å²) in [6.45, 7) is 0.566. The second-order valence-corrected chi connectivity index (χ2v) is 6.86. The Kier molecular flexibility index (Phi) is 3.72. The van der Waals surface area contributed by atoms with E-state index in [4.69, 9.17) is 0 Å². The van der Waals surface area contributed by atoms with Crippen LogP contribution in [0.15, 0.2) is 79.3 Å². The van der Waals surface area contributed by atoms with E-state index in [9.17, 15) is 9.90 Å². The maximum absolute atomic E-state index is 11.2. The minimum absolute atomic E-state index is 0.293. The largest absolute Gasteiger partial charge is 0.478 e. The fourth-order valence-corrected chi connectivity index (χ4v) is 3.59. The summed E-state index contributed by atoms with van der Waals surface area (Å²) in [5.41, 5.74) is 6.52. The smallest absolute Gasteiger partial charge is 0.335 e. The molecule has 136 valence electrons. The number of aromatic carboxylic acids is 1. The van der Waals surface area contributed by atoms with E-state index < -0.39 is 5.97 Å². The first-order chi connectivity index (χ1) is 13.7. The first-order valence-electron chi connectivity index (χ1n) is 9.02. The van der Waals surface area contributed by atoms with Crippen molar-refractivity contribution in [1.82, 2.24) is 14.5 Å². The Labute approximate surface area is 160 Å². The number of carbonyl (C=O) groups is 1. The van der Waals surface area contributed by atoms with Crippen molar-refractivity contribution in [3.8, 4) is 11.1 Å². The summed E-state index contributed by atoms with van der Waals surface area (Å²) in [5.74, 6) is -0.917. The Hall–Kier alpha value is -3.86. The van der Waals surface area contributed by atoms with E-state index in [0.29, 0.717) is 12.1 Å². The summed E-state index contributed by atoms with van der Waals surface area (Å²) in [5, 5.41) is 10.4. The maximum atomic E-state index is 11.2. The van der Waals surface area contributed by atoms with Crippen molar-refractivity contribution >= 4 is 27.9 Å². The van der Waals surface area contributed by atoms with Crippen molar-refractivity contribution in [1.29, 1.82) is 0 Å². The maximum Gasteiger partial charge on any atom is 0.335 e. The predicted octanol–water partition coefficient (Wildman–Crippen LogP) is 4.93. The number of aromatic nitrogens is 3. The Morgan fingerprint density at radius 3 is 2.75 bits per heavy atom. The molecule has 0 fully saturated rings. The molecule has 5 aromatic rings. The van der Waals surface area contributed by atoms with Crippen molar-refractivity contribution in [2.45, 2.75) is 6.54 Å². The summed E-state index contributed by atoms with van der Waals surface area (Å²) >= 11 is 0. The van der Waals surface area contributed by atoms with Crippen LogP contribution in [0.4, 0.5) is 0 Å². The van der Waals surface area contributed by atoms with Gasteiger partial charge in [-0.25, -0.2) is 9.78 Å². The average molecular weight is 367 g/mol. The van der Waals surface area contributed by atoms with Gasteiger partial charge < -0.3 is 14.7 Å². The number of nitrogens with one attached hydrogen (secondary N) is 1. The molecule has 2 aromatic heterocycles. The molecule has 0 aliphatic carbocycles. The van der Waals surface area contributed by atoms with Crippen LogP contribution in [-0.4, -0.2) is 25.6 Å². The van der Waals surface area contributed by atoms with Crippen LogP contribution in [0.5, 0.6) is 0 Å². The van der Waals surface area contributed by atoms with E-state index in [0.717, 1.165) is 33.2 Å². The molecular weight excluding hydrogens is 350 g/mol. The molecular formula is C23H17N3O2. The van der Waals surface area contributed by atoms with Gasteiger partial charge in [0, 0.05) is 18.3 Å². The summed E-state index contributed by atoms with van der Waals surface area (Å²) in [6, 6.07) is 21.7. The molecule has 0 spiro atoms. The molecule has 0 atom stereocenters. The molecule has 5 nitrogen and oxygen atoms in total. The number of carboxylic acids is 1. The summed E-state index contributed by atoms with van der Waals surface area (Å²) in [4.78, 5) is 19.0. The third kappa shape index (κ3) is 2.83. The number of hydrogen-bond donors (Lipinski definition) is 2. The number of rotatable bonds is 4. The minimum Gasteiger partial charge on any atom is -0.478 e. The highest BCUT2D eigenvalue weighted by molar-refractivity contribution is 5.88. The predicted molar refractivity (Wildman–Crippen MR) is 110 cm³/mol. The fourth-order valence-electron chi connectivity index (χ4n) is 3.59. The highest BCUT2D eigenvalue weighted by Crippen LogP contribution is 2.27. The van der Waals surface area contributed by atoms with Gasteiger partial charge in [-0.2, -0.15) is 0 Å². The molecule has 2 N–H and O–H groups in total. The lowest BCUT2D eigenvalue weighted by Crippen LogP contribution is -2.01. The highest BCUT2D eigenvalue weighted by Gasteiger charge is 2.08. The van der Waals surface area contributed by atoms with Gasteiger partial charge in [0.1, 0.15) is 0 Å². The van der Waals surface area contributed by atoms with Crippen LogP contribution in [0, 0.1) is 0 Å². The van der Waals surface area contributed by atoms with E-state index in [2.05, 4.69) is 46.4 Å². The molecule has 3 aromatic carbocycles. The third-order valence-electron chi connectivity index (χ3n) is 5.04. The normalized spacial score (nSPS) is 11.3. The van der Waals surface area contributed by atoms with Crippen LogP contribution in [0.25, 0.3) is 33.1 Å². The molecule has 0 bridgehead atoms. The van der Waals surface area contributed by atoms with Gasteiger partial charge in [0.2, 0.25) is 0 Å². The zero-order chi connectivity index (χ0) is 19.1. The van der Waals surface area contributed by atoms with Gasteiger partial charge in [0.25, 0.3) is 0 Å². The molecule has 0 saturated carbocycles. The van der Waals surface area contributed by atoms with Gasteiger partial charge in [0.15, 0.2) is 0 Å². The lowest BCUT2D eigenvalue weighted by Gasteiger charge is -2.08. The minimum atomic E-state index is -0.917. The molecule has 0 radical (unpaired) electrons. The Morgan fingerprint density at radius 2 is 1.86 bits per heavy atom. The van der Waals surface area contributed by atoms with Gasteiger partial charge in [-0.05, 0) is 58.5 Å². The third-order valence-corrected chi connectivity index (χ3v) is 5.04. The lowest BCUT2D eigenvalue weighted by atomic mass is 10.0. The number of nitrogens with zero attached hydrogens (tertiary/aromatic N) is 2. The summed E-state index contributed by atoms with van der Waals surface area (Å²) in [6.07, 6.45) is 3.74. The lowest BCUT2D eigenvalue weighted by molar-refractivity contribution is 0.0696. The van der Waals surface area contributed by atoms with Crippen molar-refractivity contribution in [2.75, 3.05) is 0 Å². The summed E-state index contributed by atoms with van der Waals surface area (Å²) in [7, 11) is 0. The SMILES string of the molecule is O=C(O)c1cccc(Cn2cnc3ccc(-c4ccc5cc[nH]c5c4)cc32)c1. The van der Waals surface area contributed by atoms with E-state index in [1.54, 1.807) is 24.5 Å². The van der Waals surface area contributed by atoms with Crippen LogP contribution in [0.1, 0.15) is 15.9 Å². The first kappa shape index (κ1) is 16.3. The van der Waals surface area contributed by atoms with Gasteiger partial charge in [0.05, 0.1) is 22.9 Å². The van der Waals surface area contributed by atoms with E-state index in [1.807, 2.05) is 22.9 Å². The van der Waals surface area contributed by atoms with Crippen LogP contribution in [0.2, 0.25) is 0 Å². The van der Waals surface area contributed by atoms with Crippen LogP contribution >= 0.6 is 0 Å². The average Bonchev–Trinajstić information content (AvgIpc) is 3.34. The number of aromatic amines is 1. The van der Waals surface area contributed by atoms with Crippen LogP contribution in [-0.2, 0) is 6.54 Å². The number of H-pyrrole nitrogens is 1. The topological polar surface area (TPSA) is 70.9 Å². The number of hydrogen-bond acceptors (Lipinski definition) is 2. The zero-order valence-electron chi connectivity index (χ0n) is 15.0. The molecule has 0 unspecified atom stereocenters. The summed E-state index contributed by atoms with van der Waals surface area (Å²) < 4.78 is 2.05. The number of fused-ring (bicyclic) bond motifs is 2. The fraction of sp³-hybridized carbons (Fsp3) is 0.0435. The molecule has 0 amide bonds. The van der Waals surface area contributed by atoms with Gasteiger partial charge in [-0.15, -0.1) is 0 Å². The zero-order valence-corrected chi connectivity index (χ0v) is 15.0. The van der Waals surface area contributed by atoms with Gasteiger partial charge in [-0.3, -0.25) is 0 Å². The van der Waals surface area contributed by atoms with Crippen molar-refractivity contribution in [2.24, 2.45) is 0 Å². The quantitative estimate of drug-likeness (QED) is 0.473. The van der Waals surface area contributed by atoms with Crippen LogP contribution in [0.3, 0.4) is 0 Å². The Bertz CT molecular complexity index is 1330. The van der Waals surface area contributed by atoms with Crippen LogP contribution < -0.4 is 0 Å². The second-order valence-electron chi connectivity index (χ2n) is 6.86. The van der Waals surface area contributed by atoms with E-state index in [-0.39, 0.29) is 0 Å². The molecule has 0 aliphatic heterocycles. The molecule has 5 heteroatoms. The number of carboxylic acid groups (broad SMARTS) is 1. The standard InChI is InChI=1S/C23H17N3O2/c27-23(28)19-3-1-2-15(10-19)13-26-14-25-20-7-6-18(12-22(20)26)17-5-4-16-8-9-24-21(16)11-17/h1-12,14,24H,13H2,(H,27,28). The second kappa shape index (κ2) is 6.39. The van der Waals surface area contributed by atoms with Gasteiger partial charge in [-0.1, -0.05) is 30.3 Å². The molecule has 2 heterocycles. The monoisotopic (exact) mass is 367 g/mol. The van der Waals surface area contributed by atoms with Crippen molar-refractivity contribution < 1.29 is 9.90 Å². The number of imidazole rings is 1. The van der Waals surface area contributed by atoms with Crippen molar-refractivity contribution in [3.63, 3.8) is 0 Å². The molecule has 5 rings (SSSR count). The molecule has 0 aliphatic rings. The van der Waals surface area contributed by atoms with Gasteiger partial charge >= 0.3 is 5.97 Å². The first-order valence-corrected chi connectivity index (χ1v) is 9.02. The van der Waals surface area contributed by atoms with E-state index in [1.165, 1.54) is 5.39 Å². The van der Waals surface area contributed by atoms with E-state index >= 15 is 0 Å². The van der Waals surface area contributed by atoms with Crippen molar-refractivity contribution in [3.05, 3.63) is 90.4 Å². The molecule has 0 saturated heterocycles. The number of benzene rings is 3.